The van der Waals surface area contributed by atoms with Crippen molar-refractivity contribution in [3.63, 3.8) is 0 Å². The molecule has 1 aromatic rings. The predicted molar refractivity (Wildman–Crippen MR) is 70.2 cm³/mol. The Morgan fingerprint density at radius 2 is 2.06 bits per heavy atom. The summed E-state index contributed by atoms with van der Waals surface area (Å²) in [6.07, 6.45) is 0. The monoisotopic (exact) mass is 246 g/mol. The van der Waals surface area contributed by atoms with E-state index in [1.54, 1.807) is 0 Å². The van der Waals surface area contributed by atoms with Crippen LogP contribution in [-0.2, 0) is 9.53 Å². The molecule has 0 aliphatic carbocycles. The van der Waals surface area contributed by atoms with E-state index in [0.717, 1.165) is 11.3 Å². The average molecular weight is 246 g/mol. The van der Waals surface area contributed by atoms with Crippen molar-refractivity contribution in [2.75, 3.05) is 13.7 Å². The highest BCUT2D eigenvalue weighted by Gasteiger charge is 2.40. The minimum Gasteiger partial charge on any atom is -0.465 e. The van der Waals surface area contributed by atoms with Crippen LogP contribution >= 0.6 is 0 Å². The van der Waals surface area contributed by atoms with Crippen LogP contribution in [0.3, 0.4) is 0 Å². The van der Waals surface area contributed by atoms with Crippen LogP contribution in [-0.4, -0.2) is 30.3 Å². The SMILES string of the molecule is CCOC(=O)C1C(C)=NN(C)C1c1ccccc1. The highest BCUT2D eigenvalue weighted by atomic mass is 16.5. The van der Waals surface area contributed by atoms with E-state index >= 15 is 0 Å². The van der Waals surface area contributed by atoms with Crippen molar-refractivity contribution in [3.05, 3.63) is 35.9 Å². The molecule has 0 N–H and O–H groups in total. The third kappa shape index (κ3) is 2.23. The molecule has 0 fully saturated rings. The fourth-order valence-electron chi connectivity index (χ4n) is 2.41. The summed E-state index contributed by atoms with van der Waals surface area (Å²) in [7, 11) is 1.89. The van der Waals surface area contributed by atoms with Gasteiger partial charge in [-0.3, -0.25) is 9.80 Å². The van der Waals surface area contributed by atoms with Crippen molar-refractivity contribution in [2.45, 2.75) is 19.9 Å². The molecule has 1 aromatic carbocycles. The zero-order valence-electron chi connectivity index (χ0n) is 11.0. The number of hydrogen-bond donors (Lipinski definition) is 0. The summed E-state index contributed by atoms with van der Waals surface area (Å²) >= 11 is 0. The molecule has 2 unspecified atom stereocenters. The van der Waals surface area contributed by atoms with Crippen LogP contribution in [0.25, 0.3) is 0 Å². The van der Waals surface area contributed by atoms with Gasteiger partial charge in [0.05, 0.1) is 18.4 Å². The normalized spacial score (nSPS) is 22.8. The molecule has 4 nitrogen and oxygen atoms in total. The Morgan fingerprint density at radius 3 is 2.67 bits per heavy atom. The molecule has 18 heavy (non-hydrogen) atoms. The van der Waals surface area contributed by atoms with E-state index in [-0.39, 0.29) is 17.9 Å². The van der Waals surface area contributed by atoms with Gasteiger partial charge in [0, 0.05) is 7.05 Å². The van der Waals surface area contributed by atoms with E-state index in [2.05, 4.69) is 5.10 Å². The molecule has 0 spiro atoms. The number of benzene rings is 1. The summed E-state index contributed by atoms with van der Waals surface area (Å²) < 4.78 is 5.15. The van der Waals surface area contributed by atoms with Crippen LogP contribution in [0, 0.1) is 5.92 Å². The number of carbonyl (C=O) groups is 1. The molecule has 0 aromatic heterocycles. The van der Waals surface area contributed by atoms with Crippen molar-refractivity contribution in [3.8, 4) is 0 Å². The maximum Gasteiger partial charge on any atom is 0.317 e. The molecule has 4 heteroatoms. The fraction of sp³-hybridized carbons (Fsp3) is 0.429. The Morgan fingerprint density at radius 1 is 1.39 bits per heavy atom. The number of nitrogens with zero attached hydrogens (tertiary/aromatic N) is 2. The van der Waals surface area contributed by atoms with Gasteiger partial charge in [-0.05, 0) is 19.4 Å². The number of hydrazone groups is 1. The molecule has 1 aliphatic heterocycles. The summed E-state index contributed by atoms with van der Waals surface area (Å²) in [4.78, 5) is 12.1. The second-order valence-corrected chi connectivity index (χ2v) is 4.40. The van der Waals surface area contributed by atoms with Crippen molar-refractivity contribution >= 4 is 11.7 Å². The van der Waals surface area contributed by atoms with Gasteiger partial charge in [0.2, 0.25) is 0 Å². The third-order valence-corrected chi connectivity index (χ3v) is 3.17. The summed E-state index contributed by atoms with van der Waals surface area (Å²) in [5.74, 6) is -0.505. The standard InChI is InChI=1S/C14H18N2O2/c1-4-18-14(17)12-10(2)15-16(3)13(12)11-8-6-5-7-9-11/h5-9,12-13H,4H2,1-3H3. The Kier molecular flexibility index (Phi) is 3.65. The van der Waals surface area contributed by atoms with E-state index in [1.807, 2.05) is 56.2 Å². The largest absolute Gasteiger partial charge is 0.465 e. The number of rotatable bonds is 3. The number of ether oxygens (including phenoxy) is 1. The number of esters is 1. The zero-order chi connectivity index (χ0) is 13.1. The van der Waals surface area contributed by atoms with Crippen LogP contribution in [0.4, 0.5) is 0 Å². The Labute approximate surface area is 107 Å². The first kappa shape index (κ1) is 12.6. The molecule has 1 aliphatic rings. The van der Waals surface area contributed by atoms with Crippen LogP contribution in [0.15, 0.2) is 35.4 Å². The van der Waals surface area contributed by atoms with Crippen LogP contribution in [0.1, 0.15) is 25.5 Å². The van der Waals surface area contributed by atoms with Gasteiger partial charge in [0.25, 0.3) is 0 Å². The topological polar surface area (TPSA) is 41.9 Å². The smallest absolute Gasteiger partial charge is 0.317 e. The molecule has 0 bridgehead atoms. The van der Waals surface area contributed by atoms with Crippen LogP contribution in [0.2, 0.25) is 0 Å². The Hall–Kier alpha value is -1.84. The first-order chi connectivity index (χ1) is 8.65. The molecule has 2 atom stereocenters. The maximum absolute atomic E-state index is 12.1. The van der Waals surface area contributed by atoms with Gasteiger partial charge in [-0.25, -0.2) is 0 Å². The molecule has 96 valence electrons. The molecule has 0 radical (unpaired) electrons. The lowest BCUT2D eigenvalue weighted by Gasteiger charge is -2.24. The van der Waals surface area contributed by atoms with Crippen LogP contribution in [0.5, 0.6) is 0 Å². The molecule has 2 rings (SSSR count). The second kappa shape index (κ2) is 5.21. The summed E-state index contributed by atoms with van der Waals surface area (Å²) in [6, 6.07) is 9.87. The number of carbonyl (C=O) groups excluding carboxylic acids is 1. The fourth-order valence-corrected chi connectivity index (χ4v) is 2.41. The van der Waals surface area contributed by atoms with Crippen molar-refractivity contribution < 1.29 is 9.53 Å². The summed E-state index contributed by atoms with van der Waals surface area (Å²) in [5.41, 5.74) is 1.89. The van der Waals surface area contributed by atoms with Gasteiger partial charge < -0.3 is 4.74 Å². The minimum absolute atomic E-state index is 0.0646. The lowest BCUT2D eigenvalue weighted by Crippen LogP contribution is -2.30. The highest BCUT2D eigenvalue weighted by Crippen LogP contribution is 2.34. The lowest BCUT2D eigenvalue weighted by molar-refractivity contribution is -0.146. The van der Waals surface area contributed by atoms with Gasteiger partial charge in [-0.15, -0.1) is 0 Å². The second-order valence-electron chi connectivity index (χ2n) is 4.40. The van der Waals surface area contributed by atoms with Gasteiger partial charge in [0.1, 0.15) is 5.92 Å². The average Bonchev–Trinajstić information content (AvgIpc) is 2.65. The quantitative estimate of drug-likeness (QED) is 0.768. The van der Waals surface area contributed by atoms with Crippen molar-refractivity contribution in [2.24, 2.45) is 11.0 Å². The predicted octanol–water partition coefficient (Wildman–Crippen LogP) is 2.23. The van der Waals surface area contributed by atoms with Gasteiger partial charge in [0.15, 0.2) is 0 Å². The van der Waals surface area contributed by atoms with E-state index in [9.17, 15) is 4.79 Å². The first-order valence-corrected chi connectivity index (χ1v) is 6.14. The molecule has 0 saturated heterocycles. The van der Waals surface area contributed by atoms with E-state index in [1.165, 1.54) is 0 Å². The van der Waals surface area contributed by atoms with Gasteiger partial charge in [-0.1, -0.05) is 30.3 Å². The van der Waals surface area contributed by atoms with Crippen LogP contribution < -0.4 is 0 Å². The third-order valence-electron chi connectivity index (χ3n) is 3.17. The van der Waals surface area contributed by atoms with E-state index in [4.69, 9.17) is 4.74 Å². The lowest BCUT2D eigenvalue weighted by atomic mass is 9.91. The highest BCUT2D eigenvalue weighted by molar-refractivity contribution is 6.02. The molecule has 0 saturated carbocycles. The number of hydrogen-bond acceptors (Lipinski definition) is 4. The Bertz CT molecular complexity index is 456. The summed E-state index contributed by atoms with van der Waals surface area (Å²) in [6.45, 7) is 4.09. The minimum atomic E-state index is -0.308. The summed E-state index contributed by atoms with van der Waals surface area (Å²) in [5, 5.41) is 6.22. The van der Waals surface area contributed by atoms with Gasteiger partial charge >= 0.3 is 5.97 Å². The van der Waals surface area contributed by atoms with E-state index in [0.29, 0.717) is 6.61 Å². The first-order valence-electron chi connectivity index (χ1n) is 6.14. The van der Waals surface area contributed by atoms with Crippen molar-refractivity contribution in [1.29, 1.82) is 0 Å². The van der Waals surface area contributed by atoms with E-state index < -0.39 is 0 Å². The maximum atomic E-state index is 12.1. The van der Waals surface area contributed by atoms with Gasteiger partial charge in [-0.2, -0.15) is 5.10 Å². The zero-order valence-corrected chi connectivity index (χ0v) is 11.0. The molecular weight excluding hydrogens is 228 g/mol. The molecule has 1 heterocycles. The molecule has 0 amide bonds. The van der Waals surface area contributed by atoms with Crippen molar-refractivity contribution in [1.82, 2.24) is 5.01 Å². The Balaban J connectivity index is 2.30. The molecular formula is C14H18N2O2.